The van der Waals surface area contributed by atoms with E-state index in [4.69, 9.17) is 14.2 Å². The summed E-state index contributed by atoms with van der Waals surface area (Å²) < 4.78 is 16.7. The molecule has 0 fully saturated rings. The molecule has 0 aliphatic carbocycles. The minimum atomic E-state index is -1.01. The van der Waals surface area contributed by atoms with E-state index in [1.54, 1.807) is 62.7 Å². The third-order valence-corrected chi connectivity index (χ3v) is 7.00. The van der Waals surface area contributed by atoms with E-state index in [1.807, 2.05) is 13.8 Å². The van der Waals surface area contributed by atoms with Crippen LogP contribution in [0.4, 0.5) is 0 Å². The van der Waals surface area contributed by atoms with Crippen LogP contribution in [0.2, 0.25) is 0 Å². The van der Waals surface area contributed by atoms with Crippen molar-refractivity contribution in [3.8, 4) is 17.2 Å². The number of hydrogen-bond acceptors (Lipinski definition) is 7. The second-order valence-corrected chi connectivity index (χ2v) is 9.91. The zero-order valence-electron chi connectivity index (χ0n) is 24.1. The van der Waals surface area contributed by atoms with Crippen molar-refractivity contribution in [3.63, 3.8) is 0 Å². The maximum absolute atomic E-state index is 13.2. The van der Waals surface area contributed by atoms with E-state index in [-0.39, 0.29) is 62.4 Å². The summed E-state index contributed by atoms with van der Waals surface area (Å²) in [4.78, 5) is 54.0. The maximum atomic E-state index is 13.2. The summed E-state index contributed by atoms with van der Waals surface area (Å²) >= 11 is 0. The summed E-state index contributed by atoms with van der Waals surface area (Å²) in [7, 11) is 3.23. The highest BCUT2D eigenvalue weighted by molar-refractivity contribution is 5.99. The molecule has 4 amide bonds. The highest BCUT2D eigenvalue weighted by atomic mass is 16.5. The SMILES string of the molecule is CC[C@H](C)[C@@H]1NC(=O)CC[C@@H](C(=O)NCCOc2ccc(OC)cc2)NC(=O)c2ccccc2OCCN(C)C1=O. The average Bonchev–Trinajstić information content (AvgIpc) is 2.99. The zero-order valence-corrected chi connectivity index (χ0v) is 24.1. The number of carbonyl (C=O) groups is 4. The van der Waals surface area contributed by atoms with Crippen LogP contribution in [0.25, 0.3) is 0 Å². The zero-order chi connectivity index (χ0) is 29.8. The predicted molar refractivity (Wildman–Crippen MR) is 153 cm³/mol. The number of carbonyl (C=O) groups excluding carboxylic acids is 4. The molecular weight excluding hydrogens is 528 g/mol. The van der Waals surface area contributed by atoms with Crippen molar-refractivity contribution in [2.75, 3.05) is 40.5 Å². The van der Waals surface area contributed by atoms with Crippen LogP contribution >= 0.6 is 0 Å². The number of hydrogen-bond donors (Lipinski definition) is 3. The molecule has 2 aromatic carbocycles. The lowest BCUT2D eigenvalue weighted by Crippen LogP contribution is -2.52. The molecule has 0 radical (unpaired) electrons. The number of methoxy groups -OCH3 is 1. The lowest BCUT2D eigenvalue weighted by Gasteiger charge is -2.28. The molecule has 1 aliphatic rings. The van der Waals surface area contributed by atoms with Gasteiger partial charge in [-0.3, -0.25) is 19.2 Å². The van der Waals surface area contributed by atoms with Gasteiger partial charge in [0.15, 0.2) is 0 Å². The quantitative estimate of drug-likeness (QED) is 0.416. The van der Waals surface area contributed by atoms with E-state index >= 15 is 0 Å². The van der Waals surface area contributed by atoms with E-state index in [0.717, 1.165) is 0 Å². The molecule has 0 spiro atoms. The van der Waals surface area contributed by atoms with Crippen molar-refractivity contribution in [2.24, 2.45) is 5.92 Å². The number of nitrogens with zero attached hydrogens (tertiary/aromatic N) is 1. The van der Waals surface area contributed by atoms with Crippen LogP contribution in [-0.2, 0) is 14.4 Å². The van der Waals surface area contributed by atoms with E-state index in [0.29, 0.717) is 23.7 Å². The first-order valence-electron chi connectivity index (χ1n) is 13.8. The fourth-order valence-electron chi connectivity index (χ4n) is 4.27. The Morgan fingerprint density at radius 2 is 1.80 bits per heavy atom. The highest BCUT2D eigenvalue weighted by Gasteiger charge is 2.30. The number of rotatable bonds is 8. The number of amides is 4. The van der Waals surface area contributed by atoms with Gasteiger partial charge in [-0.15, -0.1) is 0 Å². The summed E-state index contributed by atoms with van der Waals surface area (Å²) in [6, 6.07) is 12.0. The Labute approximate surface area is 240 Å². The minimum Gasteiger partial charge on any atom is -0.497 e. The lowest BCUT2D eigenvalue weighted by atomic mass is 9.97. The van der Waals surface area contributed by atoms with Gasteiger partial charge < -0.3 is 35.1 Å². The number of nitrogens with one attached hydrogen (secondary N) is 3. The molecule has 0 bridgehead atoms. The summed E-state index contributed by atoms with van der Waals surface area (Å²) in [6.45, 7) is 4.64. The van der Waals surface area contributed by atoms with Crippen LogP contribution in [0.5, 0.6) is 17.2 Å². The minimum absolute atomic E-state index is 0.0308. The van der Waals surface area contributed by atoms with Gasteiger partial charge in [0.05, 0.1) is 25.8 Å². The van der Waals surface area contributed by atoms with Crippen molar-refractivity contribution < 1.29 is 33.4 Å². The van der Waals surface area contributed by atoms with Gasteiger partial charge in [-0.25, -0.2) is 0 Å². The third-order valence-electron chi connectivity index (χ3n) is 7.00. The predicted octanol–water partition coefficient (Wildman–Crippen LogP) is 2.15. The van der Waals surface area contributed by atoms with Gasteiger partial charge in [-0.2, -0.15) is 0 Å². The van der Waals surface area contributed by atoms with Crippen molar-refractivity contribution in [2.45, 2.75) is 45.2 Å². The van der Waals surface area contributed by atoms with Crippen LogP contribution in [0.3, 0.4) is 0 Å². The van der Waals surface area contributed by atoms with Gasteiger partial charge in [-0.1, -0.05) is 32.4 Å². The Kier molecular flexibility index (Phi) is 11.8. The Morgan fingerprint density at radius 1 is 1.10 bits per heavy atom. The van der Waals surface area contributed by atoms with Gasteiger partial charge >= 0.3 is 0 Å². The third kappa shape index (κ3) is 9.12. The Balaban J connectivity index is 1.73. The van der Waals surface area contributed by atoms with Crippen LogP contribution < -0.4 is 30.2 Å². The van der Waals surface area contributed by atoms with Gasteiger partial charge in [0.2, 0.25) is 17.7 Å². The van der Waals surface area contributed by atoms with E-state index < -0.39 is 23.9 Å². The first-order chi connectivity index (χ1) is 19.7. The van der Waals surface area contributed by atoms with Crippen LogP contribution in [0.15, 0.2) is 48.5 Å². The number of fused-ring (bicyclic) bond motifs is 1. The first-order valence-corrected chi connectivity index (χ1v) is 13.8. The summed E-state index contributed by atoms with van der Waals surface area (Å²) in [5.74, 6) is -0.0105. The fraction of sp³-hybridized carbons (Fsp3) is 0.467. The Morgan fingerprint density at radius 3 is 2.51 bits per heavy atom. The first kappa shape index (κ1) is 31.3. The molecular formula is C30H40N4O7. The Hall–Kier alpha value is -4.28. The van der Waals surface area contributed by atoms with Crippen LogP contribution in [-0.4, -0.2) is 81.1 Å². The van der Waals surface area contributed by atoms with Crippen LogP contribution in [0, 0.1) is 5.92 Å². The molecule has 3 N–H and O–H groups in total. The molecule has 0 unspecified atom stereocenters. The molecule has 2 aromatic rings. The number of para-hydroxylation sites is 1. The second kappa shape index (κ2) is 15.5. The molecule has 41 heavy (non-hydrogen) atoms. The second-order valence-electron chi connectivity index (χ2n) is 9.91. The molecule has 0 aromatic heterocycles. The standard InChI is InChI=1S/C30H40N4O7/c1-5-20(2)27-30(38)34(3)17-19-41-25-9-7-6-8-23(25)28(36)32-24(14-15-26(35)33-27)29(37)31-16-18-40-22-12-10-21(39-4)11-13-22/h6-13,20,24,27H,5,14-19H2,1-4H3,(H,31,37)(H,32,36)(H,33,35)/t20-,24-,27-/m0/s1. The normalized spacial score (nSPS) is 19.3. The van der Waals surface area contributed by atoms with Gasteiger partial charge in [0.25, 0.3) is 5.91 Å². The molecule has 0 saturated heterocycles. The van der Waals surface area contributed by atoms with E-state index in [1.165, 1.54) is 4.90 Å². The van der Waals surface area contributed by atoms with E-state index in [2.05, 4.69) is 16.0 Å². The largest absolute Gasteiger partial charge is 0.497 e. The van der Waals surface area contributed by atoms with E-state index in [9.17, 15) is 19.2 Å². The molecule has 11 heteroatoms. The molecule has 0 saturated carbocycles. The number of benzene rings is 2. The molecule has 3 rings (SSSR count). The van der Waals surface area contributed by atoms with Crippen molar-refractivity contribution in [3.05, 3.63) is 54.1 Å². The monoisotopic (exact) mass is 568 g/mol. The average molecular weight is 569 g/mol. The van der Waals surface area contributed by atoms with Crippen molar-refractivity contribution in [1.82, 2.24) is 20.9 Å². The van der Waals surface area contributed by atoms with Gasteiger partial charge in [0.1, 0.15) is 42.5 Å². The number of likely N-dealkylation sites (N-methyl/N-ethyl adjacent to an activating group) is 1. The maximum Gasteiger partial charge on any atom is 0.255 e. The molecule has 222 valence electrons. The molecule has 3 atom stereocenters. The van der Waals surface area contributed by atoms with Crippen molar-refractivity contribution in [1.29, 1.82) is 0 Å². The smallest absolute Gasteiger partial charge is 0.255 e. The summed E-state index contributed by atoms with van der Waals surface area (Å²) in [6.07, 6.45) is 0.653. The lowest BCUT2D eigenvalue weighted by molar-refractivity contribution is -0.137. The Bertz CT molecular complexity index is 1190. The fourth-order valence-corrected chi connectivity index (χ4v) is 4.27. The van der Waals surface area contributed by atoms with Crippen molar-refractivity contribution >= 4 is 23.6 Å². The topological polar surface area (TPSA) is 135 Å². The summed E-state index contributed by atoms with van der Waals surface area (Å²) in [5.41, 5.74) is 0.249. The number of ether oxygens (including phenoxy) is 3. The molecule has 1 aliphatic heterocycles. The summed E-state index contributed by atoms with van der Waals surface area (Å²) in [5, 5.41) is 8.36. The van der Waals surface area contributed by atoms with Gasteiger partial charge in [0, 0.05) is 13.5 Å². The van der Waals surface area contributed by atoms with Crippen LogP contribution in [0.1, 0.15) is 43.5 Å². The highest BCUT2D eigenvalue weighted by Crippen LogP contribution is 2.20. The van der Waals surface area contributed by atoms with Gasteiger partial charge in [-0.05, 0) is 48.7 Å². The molecule has 11 nitrogen and oxygen atoms in total. The molecule has 1 heterocycles.